The largest absolute Gasteiger partial charge is 0.508 e. The zero-order chi connectivity index (χ0) is 27.5. The van der Waals surface area contributed by atoms with Crippen LogP contribution in [0.3, 0.4) is 0 Å². The average molecular weight is 564 g/mol. The lowest BCUT2D eigenvalue weighted by atomic mass is 9.88. The average Bonchev–Trinajstić information content (AvgIpc) is 3.06. The third-order valence-electron chi connectivity index (χ3n) is 7.22. The molecule has 2 aliphatic rings. The number of hydrogen-bond acceptors (Lipinski definition) is 4. The Bertz CT molecular complexity index is 1420. The number of carbonyl (C=O) groups is 1. The maximum atomic E-state index is 11.7. The van der Waals surface area contributed by atoms with Gasteiger partial charge in [-0.1, -0.05) is 53.5 Å². The SMILES string of the molecule is CN(C)C(=O)/C=C/CN1CC(Oc2ccc(C3=C(c4ccc(Cl)cc4Cl)CCCc4cc(O)ccc43)cc2)C1. The second-order valence-electron chi connectivity index (χ2n) is 10.3. The minimum atomic E-state index is -0.00638. The van der Waals surface area contributed by atoms with Crippen molar-refractivity contribution in [1.82, 2.24) is 9.80 Å². The van der Waals surface area contributed by atoms with Gasteiger partial charge in [0.1, 0.15) is 17.6 Å². The standard InChI is InChI=1S/C32H32Cl2N2O3/c1-35(2)31(38)7-4-16-36-19-26(20-36)39-25-12-8-21(9-13-25)32-27-15-11-24(37)17-22(27)5-3-6-29(32)28-14-10-23(33)18-30(28)34/h4,7-15,17-18,26,37H,3,5-6,16,19-20H2,1-2H3/b7-4+. The Hall–Kier alpha value is -3.25. The fourth-order valence-electron chi connectivity index (χ4n) is 5.20. The number of ether oxygens (including phenoxy) is 1. The maximum absolute atomic E-state index is 11.7. The fourth-order valence-corrected chi connectivity index (χ4v) is 5.72. The summed E-state index contributed by atoms with van der Waals surface area (Å²) in [5, 5.41) is 11.4. The number of nitrogens with zero attached hydrogens (tertiary/aromatic N) is 2. The monoisotopic (exact) mass is 562 g/mol. The third-order valence-corrected chi connectivity index (χ3v) is 7.77. The first-order valence-electron chi connectivity index (χ1n) is 13.2. The molecule has 1 aliphatic heterocycles. The number of fused-ring (bicyclic) bond motifs is 1. The number of carbonyl (C=O) groups excluding carboxylic acids is 1. The molecule has 3 aromatic rings. The van der Waals surface area contributed by atoms with Crippen molar-refractivity contribution in [3.05, 3.63) is 105 Å². The molecule has 1 fully saturated rings. The quantitative estimate of drug-likeness (QED) is 0.325. The van der Waals surface area contributed by atoms with Gasteiger partial charge in [-0.25, -0.2) is 0 Å². The summed E-state index contributed by atoms with van der Waals surface area (Å²) in [5.41, 5.74) is 6.57. The lowest BCUT2D eigenvalue weighted by Crippen LogP contribution is -2.53. The number of allylic oxidation sites excluding steroid dienone is 1. The van der Waals surface area contributed by atoms with E-state index in [0.717, 1.165) is 72.5 Å². The van der Waals surface area contributed by atoms with E-state index in [9.17, 15) is 9.90 Å². The summed E-state index contributed by atoms with van der Waals surface area (Å²) in [6.07, 6.45) is 6.32. The lowest BCUT2D eigenvalue weighted by molar-refractivity contribution is -0.123. The van der Waals surface area contributed by atoms with Crippen molar-refractivity contribution in [3.8, 4) is 11.5 Å². The van der Waals surface area contributed by atoms with Crippen molar-refractivity contribution in [2.24, 2.45) is 0 Å². The van der Waals surface area contributed by atoms with E-state index in [1.54, 1.807) is 37.2 Å². The summed E-state index contributed by atoms with van der Waals surface area (Å²) in [5.74, 6) is 1.10. The predicted octanol–water partition coefficient (Wildman–Crippen LogP) is 6.70. The van der Waals surface area contributed by atoms with Gasteiger partial charge in [0.05, 0.1) is 0 Å². The molecule has 5 rings (SSSR count). The molecular formula is C32H32Cl2N2O3. The molecule has 0 unspecified atom stereocenters. The van der Waals surface area contributed by atoms with Crippen LogP contribution in [0.2, 0.25) is 10.0 Å². The van der Waals surface area contributed by atoms with Crippen molar-refractivity contribution in [2.45, 2.75) is 25.4 Å². The van der Waals surface area contributed by atoms with Gasteiger partial charge >= 0.3 is 0 Å². The maximum Gasteiger partial charge on any atom is 0.245 e. The zero-order valence-corrected chi connectivity index (χ0v) is 23.7. The number of aryl methyl sites for hydroxylation is 1. The minimum Gasteiger partial charge on any atom is -0.508 e. The molecule has 1 amide bonds. The number of aromatic hydroxyl groups is 1. The van der Waals surface area contributed by atoms with Crippen LogP contribution in [-0.2, 0) is 11.2 Å². The molecule has 7 heteroatoms. The molecule has 1 heterocycles. The molecule has 5 nitrogen and oxygen atoms in total. The molecule has 3 aromatic carbocycles. The first-order chi connectivity index (χ1) is 18.8. The second-order valence-corrected chi connectivity index (χ2v) is 11.1. The Kier molecular flexibility index (Phi) is 8.31. The Balaban J connectivity index is 1.37. The molecule has 0 aromatic heterocycles. The number of amides is 1. The molecular weight excluding hydrogens is 531 g/mol. The van der Waals surface area contributed by atoms with E-state index in [-0.39, 0.29) is 17.8 Å². The minimum absolute atomic E-state index is 0.00638. The number of likely N-dealkylation sites (tertiary alicyclic amines) is 1. The number of benzene rings is 3. The molecule has 0 saturated carbocycles. The number of phenolic OH excluding ortho intramolecular Hbond substituents is 1. The summed E-state index contributed by atoms with van der Waals surface area (Å²) in [6.45, 7) is 2.38. The third kappa shape index (κ3) is 6.33. The molecule has 0 radical (unpaired) electrons. The van der Waals surface area contributed by atoms with Gasteiger partial charge < -0.3 is 14.7 Å². The summed E-state index contributed by atoms with van der Waals surface area (Å²) in [6, 6.07) is 19.5. The molecule has 1 saturated heterocycles. The smallest absolute Gasteiger partial charge is 0.245 e. The molecule has 1 aliphatic carbocycles. The molecule has 0 spiro atoms. The van der Waals surface area contributed by atoms with Crippen molar-refractivity contribution in [3.63, 3.8) is 0 Å². The Labute approximate surface area is 239 Å². The fraction of sp³-hybridized carbons (Fsp3) is 0.281. The van der Waals surface area contributed by atoms with E-state index in [1.165, 1.54) is 5.57 Å². The van der Waals surface area contributed by atoms with Gasteiger partial charge in [0.2, 0.25) is 5.91 Å². The molecule has 1 N–H and O–H groups in total. The Morgan fingerprint density at radius 1 is 1.03 bits per heavy atom. The van der Waals surface area contributed by atoms with Crippen LogP contribution in [0.1, 0.15) is 35.1 Å². The van der Waals surface area contributed by atoms with Crippen molar-refractivity contribution in [2.75, 3.05) is 33.7 Å². The van der Waals surface area contributed by atoms with Gasteiger partial charge in [-0.05, 0) is 89.1 Å². The highest BCUT2D eigenvalue weighted by atomic mass is 35.5. The second kappa shape index (κ2) is 11.9. The first kappa shape index (κ1) is 27.3. The lowest BCUT2D eigenvalue weighted by Gasteiger charge is -2.38. The van der Waals surface area contributed by atoms with Crippen LogP contribution in [0.15, 0.2) is 72.8 Å². The normalized spacial score (nSPS) is 16.1. The van der Waals surface area contributed by atoms with Crippen LogP contribution in [0, 0.1) is 0 Å². The summed E-state index contributed by atoms with van der Waals surface area (Å²) in [4.78, 5) is 15.5. The first-order valence-corrected chi connectivity index (χ1v) is 13.9. The van der Waals surface area contributed by atoms with Crippen molar-refractivity contribution >= 4 is 40.3 Å². The van der Waals surface area contributed by atoms with Crippen LogP contribution >= 0.6 is 23.2 Å². The highest BCUT2D eigenvalue weighted by molar-refractivity contribution is 6.36. The zero-order valence-electron chi connectivity index (χ0n) is 22.2. The van der Waals surface area contributed by atoms with E-state index in [2.05, 4.69) is 17.0 Å². The summed E-state index contributed by atoms with van der Waals surface area (Å²) < 4.78 is 6.22. The van der Waals surface area contributed by atoms with E-state index >= 15 is 0 Å². The Morgan fingerprint density at radius 3 is 2.49 bits per heavy atom. The topological polar surface area (TPSA) is 53.0 Å². The van der Waals surface area contributed by atoms with Gasteiger partial charge in [-0.2, -0.15) is 0 Å². The molecule has 202 valence electrons. The molecule has 39 heavy (non-hydrogen) atoms. The van der Waals surface area contributed by atoms with Crippen LogP contribution < -0.4 is 4.74 Å². The highest BCUT2D eigenvalue weighted by Crippen LogP contribution is 2.43. The van der Waals surface area contributed by atoms with Crippen molar-refractivity contribution < 1.29 is 14.6 Å². The van der Waals surface area contributed by atoms with Crippen molar-refractivity contribution in [1.29, 1.82) is 0 Å². The number of rotatable bonds is 7. The molecule has 0 atom stereocenters. The molecule has 0 bridgehead atoms. The number of phenols is 1. The van der Waals surface area contributed by atoms with Gasteiger partial charge in [0, 0.05) is 49.9 Å². The van der Waals surface area contributed by atoms with Gasteiger partial charge in [0.25, 0.3) is 0 Å². The Morgan fingerprint density at radius 2 is 1.77 bits per heavy atom. The highest BCUT2D eigenvalue weighted by Gasteiger charge is 2.28. The van der Waals surface area contributed by atoms with Crippen LogP contribution in [0.5, 0.6) is 11.5 Å². The van der Waals surface area contributed by atoms with Crippen LogP contribution in [0.4, 0.5) is 0 Å². The van der Waals surface area contributed by atoms with Gasteiger partial charge in [0.15, 0.2) is 0 Å². The summed E-state index contributed by atoms with van der Waals surface area (Å²) in [7, 11) is 3.49. The number of halogens is 2. The van der Waals surface area contributed by atoms with E-state index < -0.39 is 0 Å². The van der Waals surface area contributed by atoms with Crippen LogP contribution in [0.25, 0.3) is 11.1 Å². The number of hydrogen-bond donors (Lipinski definition) is 1. The van der Waals surface area contributed by atoms with Gasteiger partial charge in [-0.15, -0.1) is 0 Å². The van der Waals surface area contributed by atoms with E-state index in [1.807, 2.05) is 42.5 Å². The van der Waals surface area contributed by atoms with Gasteiger partial charge in [-0.3, -0.25) is 9.69 Å². The predicted molar refractivity (Wildman–Crippen MR) is 159 cm³/mol. The van der Waals surface area contributed by atoms with Crippen LogP contribution in [-0.4, -0.2) is 60.6 Å². The van der Waals surface area contributed by atoms with E-state index in [0.29, 0.717) is 10.0 Å². The van der Waals surface area contributed by atoms with E-state index in [4.69, 9.17) is 27.9 Å². The number of likely N-dealkylation sites (N-methyl/N-ethyl adjacent to an activating group) is 1. The summed E-state index contributed by atoms with van der Waals surface area (Å²) >= 11 is 12.9.